The van der Waals surface area contributed by atoms with Crippen LogP contribution < -0.4 is 5.32 Å². The van der Waals surface area contributed by atoms with E-state index in [-0.39, 0.29) is 24.4 Å². The van der Waals surface area contributed by atoms with Crippen molar-refractivity contribution in [3.05, 3.63) is 0 Å². The quantitative estimate of drug-likeness (QED) is 0.852. The fraction of sp³-hybridized carbons (Fsp3) is 0.846. The molecule has 18 heavy (non-hydrogen) atoms. The van der Waals surface area contributed by atoms with Crippen LogP contribution >= 0.6 is 12.4 Å². The molecule has 4 nitrogen and oxygen atoms in total. The fourth-order valence-electron chi connectivity index (χ4n) is 2.84. The average molecular weight is 272 g/mol. The molecule has 1 aliphatic carbocycles. The van der Waals surface area contributed by atoms with Crippen molar-refractivity contribution >= 4 is 18.3 Å². The molecule has 2 aliphatic rings. The molecular formula is C13H22ClN3O. The van der Waals surface area contributed by atoms with E-state index in [2.05, 4.69) is 11.4 Å². The molecule has 2 rings (SSSR count). The molecule has 1 heterocycles. The van der Waals surface area contributed by atoms with Crippen molar-refractivity contribution in [2.24, 2.45) is 0 Å². The third kappa shape index (κ3) is 3.86. The summed E-state index contributed by atoms with van der Waals surface area (Å²) in [4.78, 5) is 13.7. The number of hydrogen-bond donors (Lipinski definition) is 1. The zero-order valence-electron chi connectivity index (χ0n) is 10.7. The van der Waals surface area contributed by atoms with Crippen LogP contribution in [0.5, 0.6) is 0 Å². The summed E-state index contributed by atoms with van der Waals surface area (Å²) < 4.78 is 0. The summed E-state index contributed by atoms with van der Waals surface area (Å²) in [5.74, 6) is 0.0969. The van der Waals surface area contributed by atoms with Crippen LogP contribution in [0.4, 0.5) is 0 Å². The first-order valence-electron chi connectivity index (χ1n) is 6.73. The minimum Gasteiger partial charge on any atom is -0.326 e. The third-order valence-corrected chi connectivity index (χ3v) is 3.87. The Morgan fingerprint density at radius 1 is 1.22 bits per heavy atom. The van der Waals surface area contributed by atoms with Crippen LogP contribution in [-0.4, -0.2) is 36.0 Å². The van der Waals surface area contributed by atoms with Gasteiger partial charge in [-0.2, -0.15) is 5.26 Å². The monoisotopic (exact) mass is 271 g/mol. The molecule has 1 amide bonds. The molecule has 0 radical (unpaired) electrons. The Kier molecular flexibility index (Phi) is 6.45. The lowest BCUT2D eigenvalue weighted by Crippen LogP contribution is -2.43. The lowest BCUT2D eigenvalue weighted by atomic mass is 9.95. The maximum absolute atomic E-state index is 12.0. The van der Waals surface area contributed by atoms with Crippen molar-refractivity contribution in [3.8, 4) is 6.07 Å². The zero-order valence-corrected chi connectivity index (χ0v) is 11.5. The summed E-state index contributed by atoms with van der Waals surface area (Å²) in [7, 11) is 0. The van der Waals surface area contributed by atoms with E-state index in [1.54, 1.807) is 4.90 Å². The van der Waals surface area contributed by atoms with Gasteiger partial charge in [0, 0.05) is 12.6 Å². The first-order chi connectivity index (χ1) is 8.31. The van der Waals surface area contributed by atoms with Crippen LogP contribution in [0.25, 0.3) is 0 Å². The van der Waals surface area contributed by atoms with E-state index in [4.69, 9.17) is 5.26 Å². The molecule has 0 aromatic carbocycles. The molecule has 102 valence electrons. The summed E-state index contributed by atoms with van der Waals surface area (Å²) in [6.45, 7) is 1.16. The van der Waals surface area contributed by atoms with Crippen molar-refractivity contribution in [1.82, 2.24) is 10.2 Å². The molecule has 1 N–H and O–H groups in total. The number of rotatable bonds is 3. The fourth-order valence-corrected chi connectivity index (χ4v) is 2.84. The minimum atomic E-state index is -0.185. The first kappa shape index (κ1) is 15.3. The number of nitrogens with one attached hydrogen (secondary N) is 1. The van der Waals surface area contributed by atoms with E-state index >= 15 is 0 Å². The SMILES string of the molecule is Cl.N#C[C@@H]1CCCN1C(=O)CNC1CCCCC1. The highest BCUT2D eigenvalue weighted by Gasteiger charge is 2.28. The molecular weight excluding hydrogens is 250 g/mol. The van der Waals surface area contributed by atoms with Crippen LogP contribution in [0.1, 0.15) is 44.9 Å². The van der Waals surface area contributed by atoms with Gasteiger partial charge in [0.15, 0.2) is 0 Å². The average Bonchev–Trinajstić information content (AvgIpc) is 2.85. The molecule has 0 aromatic rings. The summed E-state index contributed by atoms with van der Waals surface area (Å²) in [6.07, 6.45) is 8.06. The van der Waals surface area contributed by atoms with E-state index in [1.807, 2.05) is 0 Å². The van der Waals surface area contributed by atoms with E-state index in [0.29, 0.717) is 12.6 Å². The smallest absolute Gasteiger partial charge is 0.237 e. The first-order valence-corrected chi connectivity index (χ1v) is 6.73. The molecule has 2 fully saturated rings. The predicted octanol–water partition coefficient (Wildman–Crippen LogP) is 1.85. The van der Waals surface area contributed by atoms with Gasteiger partial charge in [-0.25, -0.2) is 0 Å². The topological polar surface area (TPSA) is 56.1 Å². The molecule has 1 saturated heterocycles. The van der Waals surface area contributed by atoms with Crippen molar-refractivity contribution < 1.29 is 4.79 Å². The van der Waals surface area contributed by atoms with Crippen LogP contribution in [-0.2, 0) is 4.79 Å². The Morgan fingerprint density at radius 2 is 1.94 bits per heavy atom. The maximum atomic E-state index is 12.0. The van der Waals surface area contributed by atoms with Gasteiger partial charge in [0.05, 0.1) is 12.6 Å². The van der Waals surface area contributed by atoms with Gasteiger partial charge in [-0.1, -0.05) is 19.3 Å². The second kappa shape index (κ2) is 7.60. The van der Waals surface area contributed by atoms with Crippen LogP contribution in [0.15, 0.2) is 0 Å². The van der Waals surface area contributed by atoms with Gasteiger partial charge < -0.3 is 10.2 Å². The van der Waals surface area contributed by atoms with Gasteiger partial charge in [0.25, 0.3) is 0 Å². The molecule has 0 bridgehead atoms. The largest absolute Gasteiger partial charge is 0.326 e. The summed E-state index contributed by atoms with van der Waals surface area (Å²) in [5, 5.41) is 12.3. The Balaban J connectivity index is 0.00000162. The lowest BCUT2D eigenvalue weighted by Gasteiger charge is -2.25. The zero-order chi connectivity index (χ0) is 12.1. The molecule has 1 saturated carbocycles. The van der Waals surface area contributed by atoms with Gasteiger partial charge in [-0.05, 0) is 25.7 Å². The van der Waals surface area contributed by atoms with E-state index in [9.17, 15) is 4.79 Å². The molecule has 1 aliphatic heterocycles. The van der Waals surface area contributed by atoms with Crippen molar-refractivity contribution in [2.45, 2.75) is 57.0 Å². The van der Waals surface area contributed by atoms with E-state index < -0.39 is 0 Å². The highest BCUT2D eigenvalue weighted by Crippen LogP contribution is 2.18. The Morgan fingerprint density at radius 3 is 2.61 bits per heavy atom. The van der Waals surface area contributed by atoms with Crippen molar-refractivity contribution in [2.75, 3.05) is 13.1 Å². The van der Waals surface area contributed by atoms with Crippen molar-refractivity contribution in [1.29, 1.82) is 5.26 Å². The van der Waals surface area contributed by atoms with Gasteiger partial charge in [0.1, 0.15) is 6.04 Å². The van der Waals surface area contributed by atoms with Gasteiger partial charge in [-0.3, -0.25) is 4.79 Å². The summed E-state index contributed by atoms with van der Waals surface area (Å²) in [5.41, 5.74) is 0. The maximum Gasteiger partial charge on any atom is 0.237 e. The van der Waals surface area contributed by atoms with E-state index in [0.717, 1.165) is 19.4 Å². The normalized spacial score (nSPS) is 24.4. The van der Waals surface area contributed by atoms with Gasteiger partial charge >= 0.3 is 0 Å². The summed E-state index contributed by atoms with van der Waals surface area (Å²) >= 11 is 0. The lowest BCUT2D eigenvalue weighted by molar-refractivity contribution is -0.130. The Hall–Kier alpha value is -0.790. The molecule has 0 aromatic heterocycles. The van der Waals surface area contributed by atoms with Crippen LogP contribution in [0.3, 0.4) is 0 Å². The molecule has 0 unspecified atom stereocenters. The molecule has 0 spiro atoms. The number of carbonyl (C=O) groups is 1. The number of nitrogens with zero attached hydrogens (tertiary/aromatic N) is 2. The Labute approximate surface area is 115 Å². The Bertz CT molecular complexity index is 310. The minimum absolute atomic E-state index is 0. The van der Waals surface area contributed by atoms with Crippen LogP contribution in [0.2, 0.25) is 0 Å². The highest BCUT2D eigenvalue weighted by molar-refractivity contribution is 5.85. The third-order valence-electron chi connectivity index (χ3n) is 3.87. The number of halogens is 1. The van der Waals surface area contributed by atoms with Crippen molar-refractivity contribution in [3.63, 3.8) is 0 Å². The van der Waals surface area contributed by atoms with Crippen LogP contribution in [0, 0.1) is 11.3 Å². The molecule has 5 heteroatoms. The second-order valence-electron chi connectivity index (χ2n) is 5.09. The standard InChI is InChI=1S/C13H21N3O.ClH/c14-9-12-7-4-8-16(12)13(17)10-15-11-5-2-1-3-6-11;/h11-12,15H,1-8,10H2;1H/t12-;/m0./s1. The summed E-state index contributed by atoms with van der Waals surface area (Å²) in [6, 6.07) is 2.54. The number of amides is 1. The predicted molar refractivity (Wildman–Crippen MR) is 72.5 cm³/mol. The number of likely N-dealkylation sites (tertiary alicyclic amines) is 1. The molecule has 1 atom stereocenters. The number of carbonyl (C=O) groups excluding carboxylic acids is 1. The number of hydrogen-bond acceptors (Lipinski definition) is 3. The second-order valence-corrected chi connectivity index (χ2v) is 5.09. The van der Waals surface area contributed by atoms with E-state index in [1.165, 1.54) is 32.1 Å². The van der Waals surface area contributed by atoms with Gasteiger partial charge in [-0.15, -0.1) is 12.4 Å². The van der Waals surface area contributed by atoms with Gasteiger partial charge in [0.2, 0.25) is 5.91 Å². The number of nitriles is 1. The highest BCUT2D eigenvalue weighted by atomic mass is 35.5.